The predicted molar refractivity (Wildman–Crippen MR) is 106 cm³/mol. The van der Waals surface area contributed by atoms with E-state index in [2.05, 4.69) is 10.6 Å². The Bertz CT molecular complexity index is 834. The van der Waals surface area contributed by atoms with Crippen LogP contribution in [0.4, 0.5) is 10.5 Å². The minimum absolute atomic E-state index is 0.174. The molecule has 2 saturated heterocycles. The van der Waals surface area contributed by atoms with Gasteiger partial charge >= 0.3 is 6.03 Å². The highest BCUT2D eigenvalue weighted by Crippen LogP contribution is 2.35. The Hall–Kier alpha value is -2.90. The molecule has 3 fully saturated rings. The first-order valence-corrected chi connectivity index (χ1v) is 10.3. The van der Waals surface area contributed by atoms with Crippen LogP contribution >= 0.6 is 0 Å². The zero-order chi connectivity index (χ0) is 20.6. The van der Waals surface area contributed by atoms with Crippen LogP contribution in [0.1, 0.15) is 45.4 Å². The molecule has 1 aliphatic carbocycles. The van der Waals surface area contributed by atoms with Gasteiger partial charge in [0.05, 0.1) is 0 Å². The third-order valence-electron chi connectivity index (χ3n) is 6.24. The van der Waals surface area contributed by atoms with Crippen molar-refractivity contribution in [3.05, 3.63) is 30.3 Å². The fourth-order valence-electron chi connectivity index (χ4n) is 4.59. The summed E-state index contributed by atoms with van der Waals surface area (Å²) >= 11 is 0. The molecule has 0 aromatic heterocycles. The van der Waals surface area contributed by atoms with Crippen LogP contribution < -0.4 is 15.5 Å². The zero-order valence-corrected chi connectivity index (χ0v) is 16.5. The third kappa shape index (κ3) is 3.36. The van der Waals surface area contributed by atoms with Crippen LogP contribution in [0.15, 0.2) is 30.3 Å². The number of hydrogen-bond acceptors (Lipinski definition) is 4. The summed E-state index contributed by atoms with van der Waals surface area (Å²) in [5.74, 6) is -0.993. The van der Waals surface area contributed by atoms with Crippen molar-refractivity contribution in [2.75, 3.05) is 11.4 Å². The lowest BCUT2D eigenvalue weighted by molar-refractivity contribution is -0.138. The van der Waals surface area contributed by atoms with Gasteiger partial charge in [-0.05, 0) is 44.7 Å². The minimum atomic E-state index is -0.970. The van der Waals surface area contributed by atoms with Gasteiger partial charge in [0.15, 0.2) is 0 Å². The van der Waals surface area contributed by atoms with Gasteiger partial charge in [-0.2, -0.15) is 0 Å². The van der Waals surface area contributed by atoms with E-state index in [0.717, 1.165) is 29.8 Å². The van der Waals surface area contributed by atoms with Gasteiger partial charge in [-0.25, -0.2) is 9.69 Å². The Balaban J connectivity index is 1.44. The van der Waals surface area contributed by atoms with Crippen LogP contribution in [0.25, 0.3) is 0 Å². The SMILES string of the molecule is CC(C(=O)NC1CCCN(c2ccccc2)C1=O)N1C(=O)NC2(CCCC2)C1=O. The molecule has 1 spiro atoms. The van der Waals surface area contributed by atoms with Crippen molar-refractivity contribution in [3.63, 3.8) is 0 Å². The molecule has 2 unspecified atom stereocenters. The van der Waals surface area contributed by atoms with E-state index >= 15 is 0 Å². The monoisotopic (exact) mass is 398 g/mol. The molecular formula is C21H26N4O4. The average molecular weight is 398 g/mol. The summed E-state index contributed by atoms with van der Waals surface area (Å²) in [7, 11) is 0. The molecule has 5 amide bonds. The van der Waals surface area contributed by atoms with E-state index in [0.29, 0.717) is 25.8 Å². The van der Waals surface area contributed by atoms with Gasteiger partial charge in [0.25, 0.3) is 5.91 Å². The fourth-order valence-corrected chi connectivity index (χ4v) is 4.59. The number of hydrogen-bond donors (Lipinski definition) is 2. The molecule has 0 bridgehead atoms. The van der Waals surface area contributed by atoms with E-state index in [9.17, 15) is 19.2 Å². The van der Waals surface area contributed by atoms with Crippen LogP contribution in [0.3, 0.4) is 0 Å². The lowest BCUT2D eigenvalue weighted by atomic mass is 9.97. The number of piperidine rings is 1. The van der Waals surface area contributed by atoms with Gasteiger partial charge in [0, 0.05) is 12.2 Å². The van der Waals surface area contributed by atoms with Crippen LogP contribution in [-0.4, -0.2) is 52.8 Å². The first-order valence-electron chi connectivity index (χ1n) is 10.3. The number of benzene rings is 1. The van der Waals surface area contributed by atoms with Crippen molar-refractivity contribution in [1.29, 1.82) is 0 Å². The maximum absolute atomic E-state index is 12.9. The van der Waals surface area contributed by atoms with E-state index < -0.39 is 29.6 Å². The molecule has 2 aliphatic heterocycles. The third-order valence-corrected chi connectivity index (χ3v) is 6.24. The van der Waals surface area contributed by atoms with Crippen LogP contribution in [-0.2, 0) is 14.4 Å². The normalized spacial score (nSPS) is 24.7. The number of para-hydroxylation sites is 1. The Kier molecular flexibility index (Phi) is 5.02. The summed E-state index contributed by atoms with van der Waals surface area (Å²) in [4.78, 5) is 53.7. The molecule has 8 nitrogen and oxygen atoms in total. The molecule has 1 aromatic carbocycles. The molecule has 154 valence electrons. The summed E-state index contributed by atoms with van der Waals surface area (Å²) in [6.07, 6.45) is 4.26. The van der Waals surface area contributed by atoms with E-state index in [1.54, 1.807) is 4.90 Å². The number of nitrogens with zero attached hydrogens (tertiary/aromatic N) is 2. The topological polar surface area (TPSA) is 98.8 Å². The number of carbonyl (C=O) groups is 4. The zero-order valence-electron chi connectivity index (χ0n) is 16.5. The van der Waals surface area contributed by atoms with Crippen molar-refractivity contribution >= 4 is 29.4 Å². The number of nitrogens with one attached hydrogen (secondary N) is 2. The van der Waals surface area contributed by atoms with E-state index in [1.165, 1.54) is 6.92 Å². The van der Waals surface area contributed by atoms with E-state index in [-0.39, 0.29) is 11.8 Å². The summed E-state index contributed by atoms with van der Waals surface area (Å²) in [6, 6.07) is 7.17. The Labute approximate surface area is 169 Å². The molecule has 8 heteroatoms. The highest BCUT2D eigenvalue weighted by molar-refractivity contribution is 6.10. The lowest BCUT2D eigenvalue weighted by Crippen LogP contribution is -2.57. The number of anilines is 1. The highest BCUT2D eigenvalue weighted by atomic mass is 16.2. The van der Waals surface area contributed by atoms with Gasteiger partial charge in [-0.3, -0.25) is 14.4 Å². The number of rotatable bonds is 4. The molecule has 1 saturated carbocycles. The number of carbonyl (C=O) groups excluding carboxylic acids is 4. The van der Waals surface area contributed by atoms with Crippen molar-refractivity contribution in [2.45, 2.75) is 63.1 Å². The van der Waals surface area contributed by atoms with Gasteiger partial charge in [-0.15, -0.1) is 0 Å². The second-order valence-corrected chi connectivity index (χ2v) is 8.10. The summed E-state index contributed by atoms with van der Waals surface area (Å²) in [5.41, 5.74) is -0.0575. The summed E-state index contributed by atoms with van der Waals surface area (Å²) in [6.45, 7) is 2.13. The van der Waals surface area contributed by atoms with Gasteiger partial charge in [0.1, 0.15) is 17.6 Å². The molecule has 2 N–H and O–H groups in total. The molecule has 1 aromatic rings. The lowest BCUT2D eigenvalue weighted by Gasteiger charge is -2.33. The molecule has 3 aliphatic rings. The number of amides is 5. The Morgan fingerprint density at radius 1 is 1.14 bits per heavy atom. The van der Waals surface area contributed by atoms with E-state index in [1.807, 2.05) is 30.3 Å². The Morgan fingerprint density at radius 2 is 1.83 bits per heavy atom. The largest absolute Gasteiger partial charge is 0.342 e. The second kappa shape index (κ2) is 7.50. The first-order chi connectivity index (χ1) is 13.9. The predicted octanol–water partition coefficient (Wildman–Crippen LogP) is 1.55. The quantitative estimate of drug-likeness (QED) is 0.752. The second-order valence-electron chi connectivity index (χ2n) is 8.10. The average Bonchev–Trinajstić information content (AvgIpc) is 3.28. The van der Waals surface area contributed by atoms with Crippen molar-refractivity contribution < 1.29 is 19.2 Å². The molecular weight excluding hydrogens is 372 g/mol. The van der Waals surface area contributed by atoms with Gasteiger partial charge in [-0.1, -0.05) is 31.0 Å². The molecule has 4 rings (SSSR count). The molecule has 0 radical (unpaired) electrons. The number of urea groups is 1. The van der Waals surface area contributed by atoms with E-state index in [4.69, 9.17) is 0 Å². The highest BCUT2D eigenvalue weighted by Gasteiger charge is 2.54. The smallest absolute Gasteiger partial charge is 0.325 e. The van der Waals surface area contributed by atoms with Crippen LogP contribution in [0.2, 0.25) is 0 Å². The minimum Gasteiger partial charge on any atom is -0.342 e. The van der Waals surface area contributed by atoms with Gasteiger partial charge < -0.3 is 15.5 Å². The van der Waals surface area contributed by atoms with Crippen molar-refractivity contribution in [2.24, 2.45) is 0 Å². The standard InChI is InChI=1S/C21H26N4O4/c1-14(25-19(28)21(23-20(25)29)11-5-6-12-21)17(26)22-16-10-7-13-24(18(16)27)15-8-3-2-4-9-15/h2-4,8-9,14,16H,5-7,10-13H2,1H3,(H,22,26)(H,23,29). The fraction of sp³-hybridized carbons (Fsp3) is 0.524. The summed E-state index contributed by atoms with van der Waals surface area (Å²) in [5, 5.41) is 5.55. The molecule has 2 heterocycles. The Morgan fingerprint density at radius 3 is 2.52 bits per heavy atom. The van der Waals surface area contributed by atoms with Crippen LogP contribution in [0.5, 0.6) is 0 Å². The summed E-state index contributed by atoms with van der Waals surface area (Å²) < 4.78 is 0. The first kappa shape index (κ1) is 19.4. The molecule has 2 atom stereocenters. The van der Waals surface area contributed by atoms with Gasteiger partial charge in [0.2, 0.25) is 11.8 Å². The maximum Gasteiger partial charge on any atom is 0.325 e. The van der Waals surface area contributed by atoms with Crippen molar-refractivity contribution in [1.82, 2.24) is 15.5 Å². The van der Waals surface area contributed by atoms with Crippen molar-refractivity contribution in [3.8, 4) is 0 Å². The number of imide groups is 1. The molecule has 29 heavy (non-hydrogen) atoms. The maximum atomic E-state index is 12.9. The van der Waals surface area contributed by atoms with Crippen LogP contribution in [0, 0.1) is 0 Å².